The van der Waals surface area contributed by atoms with Crippen LogP contribution in [-0.2, 0) is 0 Å². The zero-order valence-electron chi connectivity index (χ0n) is 8.53. The summed E-state index contributed by atoms with van der Waals surface area (Å²) in [5.41, 5.74) is 0.487. The summed E-state index contributed by atoms with van der Waals surface area (Å²) < 4.78 is 1.76. The van der Waals surface area contributed by atoms with Crippen molar-refractivity contribution in [3.63, 3.8) is 0 Å². The number of alkyl halides is 2. The molecule has 15 heavy (non-hydrogen) atoms. The second kappa shape index (κ2) is 5.95. The van der Waals surface area contributed by atoms with Gasteiger partial charge < -0.3 is 0 Å². The van der Waals surface area contributed by atoms with Gasteiger partial charge >= 0.3 is 99.5 Å². The molecule has 0 heterocycles. The molecule has 0 spiro atoms. The maximum absolute atomic E-state index is 11.6. The summed E-state index contributed by atoms with van der Waals surface area (Å²) in [6.07, 6.45) is 1.13. The third kappa shape index (κ3) is 3.70. The summed E-state index contributed by atoms with van der Waals surface area (Å²) >= 11 is -0.0528. The summed E-state index contributed by atoms with van der Waals surface area (Å²) in [5, 5.41) is 18.3. The molecule has 84 valence electrons. The van der Waals surface area contributed by atoms with E-state index in [1.54, 1.807) is 6.07 Å². The minimum absolute atomic E-state index is 0.0528. The van der Waals surface area contributed by atoms with E-state index in [1.165, 1.54) is 12.1 Å². The van der Waals surface area contributed by atoms with E-state index in [-0.39, 0.29) is 38.5 Å². The molecular formula is C11H14IO3-. The van der Waals surface area contributed by atoms with Gasteiger partial charge in [0.05, 0.1) is 0 Å². The molecule has 1 aromatic carbocycles. The molecule has 2 N–H and O–H groups in total. The van der Waals surface area contributed by atoms with Gasteiger partial charge in [-0.3, -0.25) is 0 Å². The van der Waals surface area contributed by atoms with Crippen molar-refractivity contribution in [3.8, 4) is 11.5 Å². The Hall–Kier alpha value is -0.780. The number of carbonyl (C=O) groups excluding carboxylic acids is 1. The molecule has 1 aromatic rings. The molecule has 0 unspecified atom stereocenters. The Labute approximate surface area is 99.4 Å². The van der Waals surface area contributed by atoms with Crippen molar-refractivity contribution < 1.29 is 36.2 Å². The Bertz CT molecular complexity index is 350. The maximum atomic E-state index is 11.6. The average Bonchev–Trinajstić information content (AvgIpc) is 2.22. The van der Waals surface area contributed by atoms with Crippen molar-refractivity contribution in [1.29, 1.82) is 0 Å². The summed E-state index contributed by atoms with van der Waals surface area (Å²) in [4.78, 5) is 11.6. The first-order valence-corrected chi connectivity index (χ1v) is 7.79. The summed E-state index contributed by atoms with van der Waals surface area (Å²) in [5.74, 6) is -0.351. The van der Waals surface area contributed by atoms with Crippen LogP contribution in [0, 0.1) is 0 Å². The predicted molar refractivity (Wildman–Crippen MR) is 54.1 cm³/mol. The molecule has 0 aliphatic rings. The number of halogens is 1. The molecule has 0 radical (unpaired) electrons. The molecule has 0 bridgehead atoms. The van der Waals surface area contributed by atoms with Crippen LogP contribution in [0.3, 0.4) is 0 Å². The van der Waals surface area contributed by atoms with Crippen LogP contribution in [0.15, 0.2) is 18.2 Å². The van der Waals surface area contributed by atoms with Crippen molar-refractivity contribution in [3.05, 3.63) is 23.8 Å². The van der Waals surface area contributed by atoms with E-state index in [0.29, 0.717) is 9.99 Å². The summed E-state index contributed by atoms with van der Waals surface area (Å²) in [7, 11) is 0. The normalized spacial score (nSPS) is 10.5. The van der Waals surface area contributed by atoms with Crippen molar-refractivity contribution in [2.75, 3.05) is 8.86 Å². The number of carbonyl (C=O) groups is 1. The molecule has 4 heteroatoms. The fourth-order valence-corrected chi connectivity index (χ4v) is 3.13. The van der Waals surface area contributed by atoms with E-state index in [1.807, 2.05) is 0 Å². The van der Waals surface area contributed by atoms with E-state index >= 15 is 0 Å². The van der Waals surface area contributed by atoms with E-state index in [9.17, 15) is 9.90 Å². The molecule has 0 atom stereocenters. The van der Waals surface area contributed by atoms with Crippen molar-refractivity contribution in [2.45, 2.75) is 13.3 Å². The first-order chi connectivity index (χ1) is 7.15. The van der Waals surface area contributed by atoms with E-state index in [2.05, 4.69) is 6.92 Å². The summed E-state index contributed by atoms with van der Waals surface area (Å²) in [6, 6.07) is 4.22. The summed E-state index contributed by atoms with van der Waals surface area (Å²) in [6.45, 7) is 2.11. The van der Waals surface area contributed by atoms with Gasteiger partial charge in [-0.2, -0.15) is 0 Å². The number of ketones is 1. The number of Topliss-reactive ketones (excluding diaryl/α,β-unsaturated/α-hetero) is 1. The van der Waals surface area contributed by atoms with Crippen LogP contribution in [0.1, 0.15) is 23.7 Å². The molecule has 0 fully saturated rings. The standard InChI is InChI=1S/C11H14IO3/c1-2-5-12-7-11(15)8-3-4-9(13)10(14)6-8/h3-4,6,13-14H,2,5,7H2,1H3/q-1. The van der Waals surface area contributed by atoms with Crippen molar-refractivity contribution in [1.82, 2.24) is 0 Å². The number of rotatable bonds is 5. The quantitative estimate of drug-likeness (QED) is 0.235. The Balaban J connectivity index is 2.62. The number of aromatic hydroxyl groups is 2. The third-order valence-electron chi connectivity index (χ3n) is 1.84. The zero-order chi connectivity index (χ0) is 11.3. The van der Waals surface area contributed by atoms with Crippen LogP contribution in [0.5, 0.6) is 11.5 Å². The van der Waals surface area contributed by atoms with Crippen LogP contribution in [0.2, 0.25) is 0 Å². The van der Waals surface area contributed by atoms with Gasteiger partial charge in [-0.05, 0) is 0 Å². The molecule has 0 aliphatic heterocycles. The van der Waals surface area contributed by atoms with Crippen molar-refractivity contribution in [2.24, 2.45) is 0 Å². The second-order valence-corrected chi connectivity index (χ2v) is 6.06. The fraction of sp³-hybridized carbons (Fsp3) is 0.364. The van der Waals surface area contributed by atoms with Crippen LogP contribution >= 0.6 is 0 Å². The molecule has 0 saturated heterocycles. The minimum atomic E-state index is -0.227. The van der Waals surface area contributed by atoms with Gasteiger partial charge in [0, 0.05) is 0 Å². The fourth-order valence-electron chi connectivity index (χ4n) is 1.06. The zero-order valence-corrected chi connectivity index (χ0v) is 10.7. The van der Waals surface area contributed by atoms with Crippen LogP contribution in [0.4, 0.5) is 0 Å². The number of hydrogen-bond donors (Lipinski definition) is 2. The van der Waals surface area contributed by atoms with Crippen LogP contribution < -0.4 is 21.2 Å². The Kier molecular flexibility index (Phi) is 4.87. The number of benzene rings is 1. The molecule has 0 saturated carbocycles. The SMILES string of the molecule is CCC[I-]CC(=O)c1ccc(O)c(O)c1. The molecule has 0 aromatic heterocycles. The van der Waals surface area contributed by atoms with Gasteiger partial charge in [0.2, 0.25) is 0 Å². The second-order valence-electron chi connectivity index (χ2n) is 3.14. The Morgan fingerprint density at radius 1 is 1.33 bits per heavy atom. The monoisotopic (exact) mass is 321 g/mol. The molecule has 0 aliphatic carbocycles. The topological polar surface area (TPSA) is 57.5 Å². The third-order valence-corrected chi connectivity index (χ3v) is 4.91. The average molecular weight is 321 g/mol. The van der Waals surface area contributed by atoms with Gasteiger partial charge in [0.25, 0.3) is 0 Å². The van der Waals surface area contributed by atoms with E-state index < -0.39 is 0 Å². The van der Waals surface area contributed by atoms with E-state index in [0.717, 1.165) is 10.8 Å². The first kappa shape index (κ1) is 12.3. The Morgan fingerprint density at radius 2 is 2.07 bits per heavy atom. The number of phenolic OH excluding ortho intramolecular Hbond substituents is 2. The first-order valence-electron chi connectivity index (χ1n) is 4.73. The molecular weight excluding hydrogens is 307 g/mol. The van der Waals surface area contributed by atoms with Gasteiger partial charge in [-0.15, -0.1) is 0 Å². The van der Waals surface area contributed by atoms with Crippen LogP contribution in [0.25, 0.3) is 0 Å². The molecule has 0 amide bonds. The van der Waals surface area contributed by atoms with Crippen molar-refractivity contribution >= 4 is 5.78 Å². The number of phenols is 2. The van der Waals surface area contributed by atoms with Crippen LogP contribution in [-0.4, -0.2) is 24.9 Å². The van der Waals surface area contributed by atoms with Gasteiger partial charge in [0.15, 0.2) is 0 Å². The van der Waals surface area contributed by atoms with Gasteiger partial charge in [-0.25, -0.2) is 0 Å². The number of hydrogen-bond acceptors (Lipinski definition) is 3. The van der Waals surface area contributed by atoms with E-state index in [4.69, 9.17) is 5.11 Å². The van der Waals surface area contributed by atoms with Gasteiger partial charge in [-0.1, -0.05) is 0 Å². The molecule has 3 nitrogen and oxygen atoms in total. The Morgan fingerprint density at radius 3 is 2.67 bits per heavy atom. The van der Waals surface area contributed by atoms with Gasteiger partial charge in [0.1, 0.15) is 0 Å². The molecule has 1 rings (SSSR count). The predicted octanol–water partition coefficient (Wildman–Crippen LogP) is -1.22.